The number of sulfone groups is 1. The molecule has 7 heteroatoms. The van der Waals surface area contributed by atoms with Crippen molar-refractivity contribution < 1.29 is 28.1 Å². The van der Waals surface area contributed by atoms with Gasteiger partial charge in [-0.15, -0.1) is 0 Å². The van der Waals surface area contributed by atoms with E-state index < -0.39 is 27.3 Å². The number of hydrogen-bond donors (Lipinski definition) is 2. The molecule has 0 fully saturated rings. The maximum Gasteiger partial charge on any atom is 0.179 e. The highest BCUT2D eigenvalue weighted by Gasteiger charge is 2.49. The molecule has 2 aliphatic rings. The lowest BCUT2D eigenvalue weighted by molar-refractivity contribution is -0.00158. The van der Waals surface area contributed by atoms with Crippen LogP contribution in [0.1, 0.15) is 136 Å². The van der Waals surface area contributed by atoms with Crippen molar-refractivity contribution in [3.63, 3.8) is 0 Å². The topological polar surface area (TPSA) is 93.1 Å². The van der Waals surface area contributed by atoms with Crippen molar-refractivity contribution in [1.82, 2.24) is 0 Å². The zero-order chi connectivity index (χ0) is 40.7. The molecule has 6 atom stereocenters. The van der Waals surface area contributed by atoms with Gasteiger partial charge in [-0.25, -0.2) is 8.42 Å². The maximum atomic E-state index is 13.5. The lowest BCUT2D eigenvalue weighted by Gasteiger charge is -2.40. The minimum absolute atomic E-state index is 0.00527. The van der Waals surface area contributed by atoms with Gasteiger partial charge in [0.1, 0.15) is 11.5 Å². The van der Waals surface area contributed by atoms with Gasteiger partial charge in [-0.1, -0.05) is 119 Å². The zero-order valence-corrected chi connectivity index (χ0v) is 35.9. The summed E-state index contributed by atoms with van der Waals surface area (Å²) < 4.78 is 37.9. The summed E-state index contributed by atoms with van der Waals surface area (Å²) in [5.74, 6) is 1.01. The molecule has 2 N–H and O–H groups in total. The van der Waals surface area contributed by atoms with Crippen LogP contribution in [-0.4, -0.2) is 50.8 Å². The number of aryl methyl sites for hydroxylation is 3. The van der Waals surface area contributed by atoms with Gasteiger partial charge in [0.2, 0.25) is 0 Å². The van der Waals surface area contributed by atoms with Crippen LogP contribution in [0.25, 0.3) is 0 Å². The SMILES string of the molecule is CCCC[C@]1(CC)CCc2ccc(OC)cc2[C@@H](c2cccc(C)c2)[C@H]1O.CCCC[C@]1(CC)CS(=O)(=O)c2ccc(OC)cc2[C@H](c2cccc(C)c2)[C@@H]1O. The van der Waals surface area contributed by atoms with Gasteiger partial charge < -0.3 is 19.7 Å². The summed E-state index contributed by atoms with van der Waals surface area (Å²) in [5.41, 5.74) is 6.99. The van der Waals surface area contributed by atoms with E-state index in [2.05, 4.69) is 76.2 Å². The quantitative estimate of drug-likeness (QED) is 0.139. The van der Waals surface area contributed by atoms with Crippen molar-refractivity contribution in [2.24, 2.45) is 10.8 Å². The number of methoxy groups -OCH3 is 2. The minimum Gasteiger partial charge on any atom is -0.497 e. The molecular formula is C49H66O6S. The number of aliphatic hydroxyl groups is 2. The molecule has 0 radical (unpaired) electrons. The van der Waals surface area contributed by atoms with Gasteiger partial charge in [0.25, 0.3) is 0 Å². The predicted molar refractivity (Wildman–Crippen MR) is 229 cm³/mol. The van der Waals surface area contributed by atoms with Crippen LogP contribution in [0.5, 0.6) is 11.5 Å². The van der Waals surface area contributed by atoms with Crippen molar-refractivity contribution in [2.45, 2.75) is 135 Å². The molecule has 6 rings (SSSR count). The van der Waals surface area contributed by atoms with Crippen molar-refractivity contribution in [1.29, 1.82) is 0 Å². The Hall–Kier alpha value is -3.65. The van der Waals surface area contributed by atoms with Crippen LogP contribution in [0.15, 0.2) is 89.8 Å². The fourth-order valence-electron chi connectivity index (χ4n) is 9.57. The van der Waals surface area contributed by atoms with Crippen LogP contribution in [-0.2, 0) is 16.3 Å². The van der Waals surface area contributed by atoms with Crippen LogP contribution in [0.4, 0.5) is 0 Å². The van der Waals surface area contributed by atoms with E-state index in [0.717, 1.165) is 55.4 Å². The predicted octanol–water partition coefficient (Wildman–Crippen LogP) is 10.9. The van der Waals surface area contributed by atoms with E-state index in [1.54, 1.807) is 32.4 Å². The molecule has 0 aromatic heterocycles. The number of aliphatic hydroxyl groups excluding tert-OH is 2. The summed E-state index contributed by atoms with van der Waals surface area (Å²) in [5, 5.41) is 23.6. The van der Waals surface area contributed by atoms with Crippen LogP contribution in [0.2, 0.25) is 0 Å². The Bertz CT molecular complexity index is 2020. The lowest BCUT2D eigenvalue weighted by atomic mass is 9.67. The first-order chi connectivity index (χ1) is 26.8. The van der Waals surface area contributed by atoms with Crippen LogP contribution in [0.3, 0.4) is 0 Å². The average Bonchev–Trinajstić information content (AvgIpc) is 3.36. The molecule has 304 valence electrons. The van der Waals surface area contributed by atoms with E-state index in [9.17, 15) is 18.6 Å². The van der Waals surface area contributed by atoms with Crippen molar-refractivity contribution in [3.05, 3.63) is 124 Å². The summed E-state index contributed by atoms with van der Waals surface area (Å²) in [6.45, 7) is 12.7. The number of ether oxygens (including phenoxy) is 2. The first kappa shape index (κ1) is 43.5. The molecule has 6 nitrogen and oxygen atoms in total. The van der Waals surface area contributed by atoms with Gasteiger partial charge in [0, 0.05) is 17.3 Å². The molecule has 0 saturated carbocycles. The summed E-state index contributed by atoms with van der Waals surface area (Å²) in [7, 11) is -0.265. The number of fused-ring (bicyclic) bond motifs is 2. The minimum atomic E-state index is -3.55. The summed E-state index contributed by atoms with van der Waals surface area (Å²) in [6, 6.07) is 28.2. The highest BCUT2D eigenvalue weighted by atomic mass is 32.2. The third-order valence-corrected chi connectivity index (χ3v) is 15.1. The Labute approximate surface area is 337 Å². The Morgan fingerprint density at radius 1 is 0.661 bits per heavy atom. The first-order valence-electron chi connectivity index (χ1n) is 20.9. The van der Waals surface area contributed by atoms with Gasteiger partial charge in [0.15, 0.2) is 9.84 Å². The highest BCUT2D eigenvalue weighted by molar-refractivity contribution is 7.91. The van der Waals surface area contributed by atoms with E-state index >= 15 is 0 Å². The zero-order valence-electron chi connectivity index (χ0n) is 35.1. The number of unbranched alkanes of at least 4 members (excludes halogenated alkanes) is 2. The van der Waals surface area contributed by atoms with Gasteiger partial charge in [-0.05, 0) is 116 Å². The standard InChI is InChI=1S/C25H34O2.C24H32O4S/c1-5-7-14-25(6-2)15-13-19-11-12-21(27-4)17-22(19)23(24(25)26)20-10-8-9-18(3)16-20;1-5-7-13-24(6-2)16-29(26,27)21-12-11-19(28-4)15-20(21)22(23(24)25)18-10-8-9-17(3)14-18/h8-12,16-17,23-24,26H,5-7,13-15H2,1-4H3;8-12,14-15,22-23,25H,5-7,13,16H2,1-4H3/t23-,24-,25-;22-,23-,24+/m10/s1. The molecule has 1 aliphatic carbocycles. The molecule has 4 aromatic rings. The molecule has 1 aliphatic heterocycles. The Kier molecular flexibility index (Phi) is 14.5. The fraction of sp³-hybridized carbons (Fsp3) is 0.510. The average molecular weight is 783 g/mol. The molecule has 0 amide bonds. The van der Waals surface area contributed by atoms with E-state index in [0.29, 0.717) is 29.1 Å². The third kappa shape index (κ3) is 9.06. The second-order valence-electron chi connectivity index (χ2n) is 16.5. The Morgan fingerprint density at radius 2 is 1.16 bits per heavy atom. The Balaban J connectivity index is 0.000000215. The van der Waals surface area contributed by atoms with E-state index in [-0.39, 0.29) is 23.2 Å². The monoisotopic (exact) mass is 782 g/mol. The van der Waals surface area contributed by atoms with Crippen LogP contribution in [0, 0.1) is 24.7 Å². The van der Waals surface area contributed by atoms with E-state index in [4.69, 9.17) is 9.47 Å². The first-order valence-corrected chi connectivity index (χ1v) is 22.5. The molecule has 1 heterocycles. The third-order valence-electron chi connectivity index (χ3n) is 13.1. The molecule has 56 heavy (non-hydrogen) atoms. The summed E-state index contributed by atoms with van der Waals surface area (Å²) >= 11 is 0. The van der Waals surface area contributed by atoms with Crippen molar-refractivity contribution in [2.75, 3.05) is 20.0 Å². The van der Waals surface area contributed by atoms with Crippen LogP contribution < -0.4 is 9.47 Å². The van der Waals surface area contributed by atoms with Crippen molar-refractivity contribution >= 4 is 9.84 Å². The fourth-order valence-corrected chi connectivity index (χ4v) is 11.8. The largest absolute Gasteiger partial charge is 0.497 e. The molecule has 0 saturated heterocycles. The van der Waals surface area contributed by atoms with Crippen LogP contribution >= 0.6 is 0 Å². The van der Waals surface area contributed by atoms with Gasteiger partial charge in [-0.2, -0.15) is 0 Å². The maximum absolute atomic E-state index is 13.5. The molecule has 0 unspecified atom stereocenters. The molecule has 0 bridgehead atoms. The summed E-state index contributed by atoms with van der Waals surface area (Å²) in [4.78, 5) is 0.315. The molecule has 4 aromatic carbocycles. The van der Waals surface area contributed by atoms with Crippen molar-refractivity contribution in [3.8, 4) is 11.5 Å². The van der Waals surface area contributed by atoms with Gasteiger partial charge in [0.05, 0.1) is 37.1 Å². The summed E-state index contributed by atoms with van der Waals surface area (Å²) in [6.07, 6.45) is 8.49. The van der Waals surface area contributed by atoms with E-state index in [1.807, 2.05) is 32.0 Å². The second-order valence-corrected chi connectivity index (χ2v) is 18.5. The lowest BCUT2D eigenvalue weighted by Crippen LogP contribution is -2.42. The van der Waals surface area contributed by atoms with E-state index in [1.165, 1.54) is 35.1 Å². The number of rotatable bonds is 12. The van der Waals surface area contributed by atoms with Gasteiger partial charge in [-0.3, -0.25) is 0 Å². The second kappa shape index (κ2) is 18.7. The molecule has 0 spiro atoms. The molecular weight excluding hydrogens is 717 g/mol. The Morgan fingerprint density at radius 3 is 1.68 bits per heavy atom. The smallest absolute Gasteiger partial charge is 0.179 e. The highest BCUT2D eigenvalue weighted by Crippen LogP contribution is 2.51. The van der Waals surface area contributed by atoms with Gasteiger partial charge >= 0.3 is 0 Å². The number of benzene rings is 4. The number of hydrogen-bond acceptors (Lipinski definition) is 6. The normalized spacial score (nSPS) is 25.4.